The van der Waals surface area contributed by atoms with Crippen LogP contribution in [-0.2, 0) is 4.74 Å². The molecule has 1 aliphatic heterocycles. The monoisotopic (exact) mass is 454 g/mol. The molecule has 2 aromatic carbocycles. The second-order valence-corrected chi connectivity index (χ2v) is 7.67. The molecule has 0 aliphatic carbocycles. The summed E-state index contributed by atoms with van der Waals surface area (Å²) in [5, 5.41) is 5.76. The van der Waals surface area contributed by atoms with Crippen molar-refractivity contribution in [3.8, 4) is 0 Å². The van der Waals surface area contributed by atoms with Crippen LogP contribution in [0.5, 0.6) is 0 Å². The van der Waals surface area contributed by atoms with Crippen molar-refractivity contribution in [2.24, 2.45) is 0 Å². The van der Waals surface area contributed by atoms with Gasteiger partial charge in [0.1, 0.15) is 5.82 Å². The molecule has 172 valence electrons. The van der Waals surface area contributed by atoms with Crippen LogP contribution in [0.3, 0.4) is 0 Å². The Labute approximate surface area is 190 Å². The molecule has 0 unspecified atom stereocenters. The number of methoxy groups -OCH3 is 1. The van der Waals surface area contributed by atoms with Gasteiger partial charge in [-0.1, -0.05) is 0 Å². The lowest BCUT2D eigenvalue weighted by Crippen LogP contribution is -2.44. The summed E-state index contributed by atoms with van der Waals surface area (Å²) >= 11 is 0. The van der Waals surface area contributed by atoms with Crippen LogP contribution < -0.4 is 15.5 Å². The standard InChI is InChI=1S/C23H24F2N6O2/c1-30-9-11-31(12-10-30)20-8-7-17(13-18(20)24)28-23-26-14-19(25)21(29-23)27-16-5-3-15(4-6-16)22(32)33-2/h3-8,13-14H,9-12H2,1-2H3,(H2,26,27,28,29). The molecular weight excluding hydrogens is 430 g/mol. The maximum Gasteiger partial charge on any atom is 0.337 e. The van der Waals surface area contributed by atoms with E-state index in [1.165, 1.54) is 13.2 Å². The Balaban J connectivity index is 1.46. The Morgan fingerprint density at radius 3 is 2.33 bits per heavy atom. The highest BCUT2D eigenvalue weighted by Gasteiger charge is 2.18. The number of likely N-dealkylation sites (N-methyl/N-ethyl adjacent to an activating group) is 1. The summed E-state index contributed by atoms with van der Waals surface area (Å²) in [6.07, 6.45) is 1.02. The molecule has 0 bridgehead atoms. The minimum atomic E-state index is -0.658. The number of nitrogens with zero attached hydrogens (tertiary/aromatic N) is 4. The number of anilines is 5. The largest absolute Gasteiger partial charge is 0.465 e. The minimum Gasteiger partial charge on any atom is -0.465 e. The van der Waals surface area contributed by atoms with Gasteiger partial charge in [-0.15, -0.1) is 0 Å². The predicted octanol–water partition coefficient (Wildman–Crippen LogP) is 3.78. The van der Waals surface area contributed by atoms with Crippen LogP contribution in [0, 0.1) is 11.6 Å². The number of carbonyl (C=O) groups excluding carboxylic acids is 1. The molecule has 33 heavy (non-hydrogen) atoms. The smallest absolute Gasteiger partial charge is 0.337 e. The summed E-state index contributed by atoms with van der Waals surface area (Å²) in [6.45, 7) is 3.28. The van der Waals surface area contributed by atoms with Gasteiger partial charge in [-0.25, -0.2) is 18.6 Å². The molecule has 0 atom stereocenters. The van der Waals surface area contributed by atoms with E-state index in [0.29, 0.717) is 22.6 Å². The number of hydrogen-bond acceptors (Lipinski definition) is 8. The van der Waals surface area contributed by atoms with E-state index in [1.807, 2.05) is 11.9 Å². The molecule has 1 saturated heterocycles. The van der Waals surface area contributed by atoms with Crippen molar-refractivity contribution in [3.63, 3.8) is 0 Å². The van der Waals surface area contributed by atoms with E-state index in [4.69, 9.17) is 0 Å². The molecule has 0 amide bonds. The summed E-state index contributed by atoms with van der Waals surface area (Å²) < 4.78 is 33.6. The topological polar surface area (TPSA) is 82.6 Å². The molecule has 2 N–H and O–H groups in total. The van der Waals surface area contributed by atoms with E-state index in [0.717, 1.165) is 32.4 Å². The quantitative estimate of drug-likeness (QED) is 0.545. The van der Waals surface area contributed by atoms with Gasteiger partial charge in [-0.3, -0.25) is 0 Å². The lowest BCUT2D eigenvalue weighted by atomic mass is 10.2. The first-order valence-electron chi connectivity index (χ1n) is 10.4. The molecule has 1 aromatic heterocycles. The lowest BCUT2D eigenvalue weighted by molar-refractivity contribution is 0.0601. The summed E-state index contributed by atoms with van der Waals surface area (Å²) in [6, 6.07) is 11.1. The zero-order valence-electron chi connectivity index (χ0n) is 18.3. The van der Waals surface area contributed by atoms with Crippen LogP contribution >= 0.6 is 0 Å². The van der Waals surface area contributed by atoms with Gasteiger partial charge in [-0.05, 0) is 49.5 Å². The number of carbonyl (C=O) groups is 1. The van der Waals surface area contributed by atoms with Crippen molar-refractivity contribution >= 4 is 34.8 Å². The molecule has 1 fully saturated rings. The van der Waals surface area contributed by atoms with Crippen molar-refractivity contribution in [1.82, 2.24) is 14.9 Å². The van der Waals surface area contributed by atoms with Gasteiger partial charge in [0, 0.05) is 37.6 Å². The van der Waals surface area contributed by atoms with Gasteiger partial charge in [-0.2, -0.15) is 4.98 Å². The van der Waals surface area contributed by atoms with Crippen molar-refractivity contribution in [1.29, 1.82) is 0 Å². The van der Waals surface area contributed by atoms with Crippen molar-refractivity contribution in [2.75, 3.05) is 55.9 Å². The van der Waals surface area contributed by atoms with Gasteiger partial charge in [0.2, 0.25) is 5.95 Å². The molecule has 4 rings (SSSR count). The lowest BCUT2D eigenvalue weighted by Gasteiger charge is -2.34. The molecule has 3 aromatic rings. The van der Waals surface area contributed by atoms with E-state index in [1.54, 1.807) is 36.4 Å². The Bertz CT molecular complexity index is 1130. The highest BCUT2D eigenvalue weighted by atomic mass is 19.1. The van der Waals surface area contributed by atoms with Crippen molar-refractivity contribution < 1.29 is 18.3 Å². The number of benzene rings is 2. The van der Waals surface area contributed by atoms with Crippen LogP contribution in [0.15, 0.2) is 48.7 Å². The number of nitrogens with one attached hydrogen (secondary N) is 2. The molecule has 10 heteroatoms. The molecule has 1 aliphatic rings. The number of aromatic nitrogens is 2. The average Bonchev–Trinajstić information content (AvgIpc) is 2.82. The Kier molecular flexibility index (Phi) is 6.64. The fraction of sp³-hybridized carbons (Fsp3) is 0.261. The van der Waals surface area contributed by atoms with E-state index in [-0.39, 0.29) is 17.6 Å². The van der Waals surface area contributed by atoms with Crippen LogP contribution in [-0.4, -0.2) is 61.2 Å². The maximum absolute atomic E-state index is 14.7. The number of ether oxygens (including phenoxy) is 1. The van der Waals surface area contributed by atoms with Gasteiger partial charge in [0.15, 0.2) is 11.6 Å². The van der Waals surface area contributed by atoms with Gasteiger partial charge in [0.05, 0.1) is 24.6 Å². The van der Waals surface area contributed by atoms with E-state index < -0.39 is 11.8 Å². The molecular formula is C23H24F2N6O2. The second kappa shape index (κ2) is 9.78. The highest BCUT2D eigenvalue weighted by Crippen LogP contribution is 2.26. The third-order valence-electron chi connectivity index (χ3n) is 5.36. The number of hydrogen-bond donors (Lipinski definition) is 2. The highest BCUT2D eigenvalue weighted by molar-refractivity contribution is 5.89. The van der Waals surface area contributed by atoms with E-state index in [2.05, 4.69) is 30.2 Å². The summed E-state index contributed by atoms with van der Waals surface area (Å²) in [7, 11) is 3.34. The number of rotatable bonds is 6. The van der Waals surface area contributed by atoms with Crippen LogP contribution in [0.1, 0.15) is 10.4 Å². The second-order valence-electron chi connectivity index (χ2n) is 7.67. The number of piperazine rings is 1. The van der Waals surface area contributed by atoms with E-state index in [9.17, 15) is 13.6 Å². The predicted molar refractivity (Wildman–Crippen MR) is 122 cm³/mol. The molecule has 0 radical (unpaired) electrons. The Hall–Kier alpha value is -3.79. The number of esters is 1. The van der Waals surface area contributed by atoms with Gasteiger partial charge in [0.25, 0.3) is 0 Å². The first kappa shape index (κ1) is 22.4. The third kappa shape index (κ3) is 5.35. The first-order valence-corrected chi connectivity index (χ1v) is 10.4. The Morgan fingerprint density at radius 2 is 1.67 bits per heavy atom. The zero-order valence-corrected chi connectivity index (χ0v) is 18.3. The van der Waals surface area contributed by atoms with Crippen LogP contribution in [0.4, 0.5) is 37.6 Å². The normalized spacial score (nSPS) is 14.1. The molecule has 8 nitrogen and oxygen atoms in total. The zero-order chi connectivity index (χ0) is 23.4. The fourth-order valence-electron chi connectivity index (χ4n) is 3.48. The SMILES string of the molecule is COC(=O)c1ccc(Nc2nc(Nc3ccc(N4CCN(C)CC4)c(F)c3)ncc2F)cc1. The first-order chi connectivity index (χ1) is 15.9. The van der Waals surface area contributed by atoms with Crippen molar-refractivity contribution in [3.05, 3.63) is 65.9 Å². The average molecular weight is 454 g/mol. The summed E-state index contributed by atoms with van der Waals surface area (Å²) in [5.41, 5.74) is 1.89. The van der Waals surface area contributed by atoms with Crippen LogP contribution in [0.25, 0.3) is 0 Å². The molecule has 0 spiro atoms. The minimum absolute atomic E-state index is 0.0622. The maximum atomic E-state index is 14.7. The fourth-order valence-corrected chi connectivity index (χ4v) is 3.48. The number of halogens is 2. The third-order valence-corrected chi connectivity index (χ3v) is 5.36. The molecule has 0 saturated carbocycles. The van der Waals surface area contributed by atoms with E-state index >= 15 is 0 Å². The Morgan fingerprint density at radius 1 is 0.970 bits per heavy atom. The van der Waals surface area contributed by atoms with Gasteiger partial charge < -0.3 is 25.2 Å². The summed E-state index contributed by atoms with van der Waals surface area (Å²) in [5.74, 6) is -1.43. The van der Waals surface area contributed by atoms with Gasteiger partial charge >= 0.3 is 5.97 Å². The molecule has 2 heterocycles. The van der Waals surface area contributed by atoms with Crippen molar-refractivity contribution in [2.45, 2.75) is 0 Å². The van der Waals surface area contributed by atoms with Crippen LogP contribution in [0.2, 0.25) is 0 Å². The summed E-state index contributed by atoms with van der Waals surface area (Å²) in [4.78, 5) is 23.8.